The zero-order valence-corrected chi connectivity index (χ0v) is 15.2. The monoisotopic (exact) mass is 346 g/mol. The number of esters is 1. The molecule has 1 aromatic carbocycles. The second-order valence-electron chi connectivity index (χ2n) is 5.70. The van der Waals surface area contributed by atoms with E-state index in [2.05, 4.69) is 16.6 Å². The van der Waals surface area contributed by atoms with E-state index < -0.39 is 5.97 Å². The molecule has 128 valence electrons. The number of amides is 1. The predicted molar refractivity (Wildman–Crippen MR) is 94.3 cm³/mol. The Kier molecular flexibility index (Phi) is 6.09. The molecule has 0 unspecified atom stereocenters. The van der Waals surface area contributed by atoms with Crippen molar-refractivity contribution in [2.45, 2.75) is 39.8 Å². The fourth-order valence-electron chi connectivity index (χ4n) is 2.27. The summed E-state index contributed by atoms with van der Waals surface area (Å²) in [7, 11) is 1.32. The van der Waals surface area contributed by atoms with Gasteiger partial charge in [0.2, 0.25) is 0 Å². The maximum atomic E-state index is 12.8. The van der Waals surface area contributed by atoms with Gasteiger partial charge in [-0.1, -0.05) is 19.1 Å². The van der Waals surface area contributed by atoms with Crippen LogP contribution in [0.25, 0.3) is 0 Å². The molecule has 1 amide bonds. The van der Waals surface area contributed by atoms with Crippen molar-refractivity contribution in [2.24, 2.45) is 0 Å². The number of rotatable bonds is 6. The molecule has 0 bridgehead atoms. The summed E-state index contributed by atoms with van der Waals surface area (Å²) in [6.07, 6.45) is 0.942. The minimum atomic E-state index is -0.463. The standard InChI is InChI=1S/C18H22N2O3S/c1-5-13-6-8-14(9-7-13)17(21)20(12(2)3)10-16-19-15(11-24-16)18(22)23-4/h6-9,11-12H,5,10H2,1-4H3. The first-order chi connectivity index (χ1) is 11.5. The zero-order chi connectivity index (χ0) is 17.7. The molecule has 0 N–H and O–H groups in total. The van der Waals surface area contributed by atoms with Crippen LogP contribution in [0.4, 0.5) is 0 Å². The number of aryl methyl sites for hydroxylation is 1. The average Bonchev–Trinajstić information content (AvgIpc) is 3.07. The van der Waals surface area contributed by atoms with E-state index in [4.69, 9.17) is 0 Å². The van der Waals surface area contributed by atoms with Crippen molar-refractivity contribution in [1.82, 2.24) is 9.88 Å². The molecule has 0 spiro atoms. The minimum Gasteiger partial charge on any atom is -0.464 e. The largest absolute Gasteiger partial charge is 0.464 e. The summed E-state index contributed by atoms with van der Waals surface area (Å²) in [4.78, 5) is 30.3. The third-order valence-corrected chi connectivity index (χ3v) is 4.58. The Morgan fingerprint density at radius 3 is 2.46 bits per heavy atom. The summed E-state index contributed by atoms with van der Waals surface area (Å²) in [5.41, 5.74) is 2.14. The summed E-state index contributed by atoms with van der Waals surface area (Å²) in [5.74, 6) is -0.502. The van der Waals surface area contributed by atoms with Gasteiger partial charge < -0.3 is 9.64 Å². The molecule has 0 aliphatic carbocycles. The topological polar surface area (TPSA) is 59.5 Å². The van der Waals surface area contributed by atoms with Crippen LogP contribution in [0, 0.1) is 0 Å². The number of carbonyl (C=O) groups excluding carboxylic acids is 2. The summed E-state index contributed by atoms with van der Waals surface area (Å²) in [5, 5.41) is 2.36. The molecule has 0 atom stereocenters. The average molecular weight is 346 g/mol. The van der Waals surface area contributed by atoms with Crippen LogP contribution in [-0.2, 0) is 17.7 Å². The van der Waals surface area contributed by atoms with E-state index in [1.807, 2.05) is 38.1 Å². The van der Waals surface area contributed by atoms with Crippen LogP contribution in [0.15, 0.2) is 29.6 Å². The van der Waals surface area contributed by atoms with E-state index in [0.29, 0.717) is 17.1 Å². The van der Waals surface area contributed by atoms with Gasteiger partial charge in [0.05, 0.1) is 13.7 Å². The number of benzene rings is 1. The Bertz CT molecular complexity index is 707. The molecule has 0 fully saturated rings. The van der Waals surface area contributed by atoms with Crippen LogP contribution in [0.3, 0.4) is 0 Å². The fraction of sp³-hybridized carbons (Fsp3) is 0.389. The van der Waals surface area contributed by atoms with Crippen molar-refractivity contribution in [3.8, 4) is 0 Å². The lowest BCUT2D eigenvalue weighted by Gasteiger charge is -2.26. The number of aromatic nitrogens is 1. The fourth-order valence-corrected chi connectivity index (χ4v) is 3.03. The Morgan fingerprint density at radius 1 is 1.25 bits per heavy atom. The first kappa shape index (κ1) is 18.1. The minimum absolute atomic E-state index is 0.0221. The van der Waals surface area contributed by atoms with Gasteiger partial charge in [-0.25, -0.2) is 9.78 Å². The number of hydrogen-bond acceptors (Lipinski definition) is 5. The maximum absolute atomic E-state index is 12.8. The Hall–Kier alpha value is -2.21. The van der Waals surface area contributed by atoms with E-state index >= 15 is 0 Å². The van der Waals surface area contributed by atoms with Gasteiger partial charge in [-0.15, -0.1) is 11.3 Å². The quantitative estimate of drug-likeness (QED) is 0.751. The summed E-state index contributed by atoms with van der Waals surface area (Å²) in [6.45, 7) is 6.38. The normalized spacial score (nSPS) is 10.7. The maximum Gasteiger partial charge on any atom is 0.357 e. The van der Waals surface area contributed by atoms with Gasteiger partial charge in [0.25, 0.3) is 5.91 Å². The first-order valence-corrected chi connectivity index (χ1v) is 8.76. The highest BCUT2D eigenvalue weighted by Crippen LogP contribution is 2.18. The predicted octanol–water partition coefficient (Wildman–Crippen LogP) is 3.54. The summed E-state index contributed by atoms with van der Waals surface area (Å²) >= 11 is 1.35. The van der Waals surface area contributed by atoms with E-state index in [0.717, 1.165) is 6.42 Å². The number of carbonyl (C=O) groups is 2. The number of thiazole rings is 1. The number of hydrogen-bond donors (Lipinski definition) is 0. The zero-order valence-electron chi connectivity index (χ0n) is 14.4. The number of nitrogens with zero attached hydrogens (tertiary/aromatic N) is 2. The molecule has 0 aliphatic rings. The smallest absolute Gasteiger partial charge is 0.357 e. The van der Waals surface area contributed by atoms with Crippen LogP contribution in [0.5, 0.6) is 0 Å². The molecule has 0 saturated heterocycles. The van der Waals surface area contributed by atoms with Crippen molar-refractivity contribution >= 4 is 23.2 Å². The molecule has 2 aromatic rings. The molecule has 24 heavy (non-hydrogen) atoms. The van der Waals surface area contributed by atoms with Gasteiger partial charge in [-0.2, -0.15) is 0 Å². The van der Waals surface area contributed by atoms with Crippen LogP contribution in [-0.4, -0.2) is 34.9 Å². The van der Waals surface area contributed by atoms with Gasteiger partial charge in [-0.05, 0) is 38.0 Å². The SMILES string of the molecule is CCc1ccc(C(=O)N(Cc2nc(C(=O)OC)cs2)C(C)C)cc1. The second-order valence-corrected chi connectivity index (χ2v) is 6.64. The molecular weight excluding hydrogens is 324 g/mol. The van der Waals surface area contributed by atoms with Gasteiger partial charge in [-0.3, -0.25) is 4.79 Å². The van der Waals surface area contributed by atoms with Crippen molar-refractivity contribution in [3.63, 3.8) is 0 Å². The van der Waals surface area contributed by atoms with E-state index in [1.54, 1.807) is 10.3 Å². The number of ether oxygens (including phenoxy) is 1. The first-order valence-electron chi connectivity index (χ1n) is 7.88. The third kappa shape index (κ3) is 4.20. The lowest BCUT2D eigenvalue weighted by atomic mass is 10.1. The molecular formula is C18H22N2O3S. The van der Waals surface area contributed by atoms with E-state index in [1.165, 1.54) is 24.0 Å². The highest BCUT2D eigenvalue weighted by Gasteiger charge is 2.21. The molecule has 5 nitrogen and oxygen atoms in total. The third-order valence-electron chi connectivity index (χ3n) is 3.75. The lowest BCUT2D eigenvalue weighted by molar-refractivity contribution is 0.0594. The highest BCUT2D eigenvalue weighted by atomic mass is 32.1. The molecule has 2 rings (SSSR count). The van der Waals surface area contributed by atoms with Crippen molar-refractivity contribution in [1.29, 1.82) is 0 Å². The summed E-state index contributed by atoms with van der Waals surface area (Å²) in [6, 6.07) is 7.69. The van der Waals surface area contributed by atoms with E-state index in [9.17, 15) is 9.59 Å². The van der Waals surface area contributed by atoms with Crippen LogP contribution < -0.4 is 0 Å². The van der Waals surface area contributed by atoms with Gasteiger partial charge >= 0.3 is 5.97 Å². The van der Waals surface area contributed by atoms with Crippen LogP contribution >= 0.6 is 11.3 Å². The van der Waals surface area contributed by atoms with Gasteiger partial charge in [0, 0.05) is 17.0 Å². The Balaban J connectivity index is 2.17. The van der Waals surface area contributed by atoms with Gasteiger partial charge in [0.15, 0.2) is 5.69 Å². The molecule has 0 aliphatic heterocycles. The Labute approximate surface area is 146 Å². The van der Waals surface area contributed by atoms with Crippen LogP contribution in [0.2, 0.25) is 0 Å². The lowest BCUT2D eigenvalue weighted by Crippen LogP contribution is -2.36. The molecule has 0 radical (unpaired) electrons. The number of methoxy groups -OCH3 is 1. The molecule has 6 heteroatoms. The molecule has 0 saturated carbocycles. The van der Waals surface area contributed by atoms with Gasteiger partial charge in [0.1, 0.15) is 5.01 Å². The molecule has 1 aromatic heterocycles. The van der Waals surface area contributed by atoms with Crippen molar-refractivity contribution in [3.05, 3.63) is 51.5 Å². The second kappa shape index (κ2) is 8.06. The Morgan fingerprint density at radius 2 is 1.92 bits per heavy atom. The van der Waals surface area contributed by atoms with Crippen LogP contribution in [0.1, 0.15) is 52.2 Å². The molecule has 1 heterocycles. The van der Waals surface area contributed by atoms with Crippen molar-refractivity contribution < 1.29 is 14.3 Å². The van der Waals surface area contributed by atoms with E-state index in [-0.39, 0.29) is 17.6 Å². The van der Waals surface area contributed by atoms with Crippen molar-refractivity contribution in [2.75, 3.05) is 7.11 Å². The highest BCUT2D eigenvalue weighted by molar-refractivity contribution is 7.09. The summed E-state index contributed by atoms with van der Waals surface area (Å²) < 4.78 is 4.67.